The van der Waals surface area contributed by atoms with Crippen molar-refractivity contribution in [1.29, 1.82) is 0 Å². The molecule has 0 N–H and O–H groups in total. The van der Waals surface area contributed by atoms with Crippen LogP contribution in [0.15, 0.2) is 0 Å². The summed E-state index contributed by atoms with van der Waals surface area (Å²) in [6.45, 7) is 3.21. The Morgan fingerprint density at radius 3 is 2.25 bits per heavy atom. The van der Waals surface area contributed by atoms with Crippen LogP contribution in [-0.2, 0) is 9.47 Å². The van der Waals surface area contributed by atoms with Crippen LogP contribution in [0.5, 0.6) is 0 Å². The Hall–Kier alpha value is -1.32. The second-order valence-electron chi connectivity index (χ2n) is 3.71. The fourth-order valence-corrected chi connectivity index (χ4v) is 1.000. The van der Waals surface area contributed by atoms with E-state index in [0.717, 1.165) is 0 Å². The Balaban J connectivity index is 3.98. The van der Waals surface area contributed by atoms with Gasteiger partial charge in [-0.3, -0.25) is 0 Å². The third kappa shape index (κ3) is 8.03. The van der Waals surface area contributed by atoms with Crippen LogP contribution in [0.2, 0.25) is 0 Å². The molecule has 0 rings (SSSR count). The first-order valence-corrected chi connectivity index (χ1v) is 5.18. The lowest BCUT2D eigenvalue weighted by molar-refractivity contribution is 0.0124. The highest BCUT2D eigenvalue weighted by molar-refractivity contribution is 6.22. The average Bonchev–Trinajstić information content (AvgIpc) is 2.12. The first-order valence-electron chi connectivity index (χ1n) is 4.80. The molecule has 0 aromatic rings. The largest absolute Gasteiger partial charge is 0.509 e. The zero-order valence-corrected chi connectivity index (χ0v) is 10.2. The molecular weight excluding hydrogens is 228 g/mol. The Morgan fingerprint density at radius 2 is 1.88 bits per heavy atom. The fourth-order valence-electron chi connectivity index (χ4n) is 0.937. The maximum Gasteiger partial charge on any atom is 0.509 e. The number of terminal acetylenes is 2. The Kier molecular flexibility index (Phi) is 6.46. The van der Waals surface area contributed by atoms with Crippen LogP contribution < -0.4 is 0 Å². The van der Waals surface area contributed by atoms with Crippen molar-refractivity contribution in [3.63, 3.8) is 0 Å². The zero-order chi connectivity index (χ0) is 12.6. The molecule has 0 fully saturated rings. The summed E-state index contributed by atoms with van der Waals surface area (Å²) in [5.41, 5.74) is 0. The summed E-state index contributed by atoms with van der Waals surface area (Å²) >= 11 is 5.68. The smallest absolute Gasteiger partial charge is 0.434 e. The Labute approximate surface area is 101 Å². The van der Waals surface area contributed by atoms with E-state index >= 15 is 0 Å². The maximum absolute atomic E-state index is 11.1. The zero-order valence-electron chi connectivity index (χ0n) is 9.46. The number of carbonyl (C=O) groups is 1. The van der Waals surface area contributed by atoms with Crippen molar-refractivity contribution < 1.29 is 14.3 Å². The van der Waals surface area contributed by atoms with Gasteiger partial charge in [-0.25, -0.2) is 4.79 Å². The molecule has 88 valence electrons. The Bertz CT molecular complexity index is 288. The molecule has 0 bridgehead atoms. The minimum atomic E-state index is -1.08. The van der Waals surface area contributed by atoms with Crippen molar-refractivity contribution in [1.82, 2.24) is 0 Å². The first-order chi connectivity index (χ1) is 7.39. The molecule has 16 heavy (non-hydrogen) atoms. The van der Waals surface area contributed by atoms with Gasteiger partial charge >= 0.3 is 6.16 Å². The van der Waals surface area contributed by atoms with E-state index in [9.17, 15) is 4.79 Å². The Morgan fingerprint density at radius 1 is 1.38 bits per heavy atom. The predicted octanol–water partition coefficient (Wildman–Crippen LogP) is 2.78. The molecule has 0 aliphatic rings. The fraction of sp³-hybridized carbons (Fsp3) is 0.583. The number of alkyl halides is 1. The maximum atomic E-state index is 11.1. The molecule has 0 saturated heterocycles. The lowest BCUT2D eigenvalue weighted by atomic mass is 10.0. The van der Waals surface area contributed by atoms with Crippen LogP contribution >= 0.6 is 11.6 Å². The molecule has 0 unspecified atom stereocenters. The lowest BCUT2D eigenvalue weighted by Crippen LogP contribution is -2.23. The summed E-state index contributed by atoms with van der Waals surface area (Å²) in [5, 5.41) is -1.08. The third-order valence-corrected chi connectivity index (χ3v) is 1.65. The summed E-state index contributed by atoms with van der Waals surface area (Å²) in [5.74, 6) is 4.90. The number of halogens is 1. The second-order valence-corrected chi connectivity index (χ2v) is 4.62. The average molecular weight is 243 g/mol. The molecule has 4 heteroatoms. The molecule has 0 heterocycles. The number of ether oxygens (including phenoxy) is 2. The van der Waals surface area contributed by atoms with Gasteiger partial charge in [0.1, 0.15) is 0 Å². The monoisotopic (exact) mass is 242 g/mol. The van der Waals surface area contributed by atoms with E-state index in [2.05, 4.69) is 11.8 Å². The van der Waals surface area contributed by atoms with Crippen LogP contribution in [0.3, 0.4) is 0 Å². The van der Waals surface area contributed by atoms with E-state index in [-0.39, 0.29) is 12.5 Å². The molecule has 0 aromatic carbocycles. The topological polar surface area (TPSA) is 35.5 Å². The summed E-state index contributed by atoms with van der Waals surface area (Å²) in [6.07, 6.45) is 10.4. The van der Waals surface area contributed by atoms with Crippen LogP contribution in [0, 0.1) is 30.6 Å². The van der Waals surface area contributed by atoms with Crippen molar-refractivity contribution in [2.24, 2.45) is 5.92 Å². The highest BCUT2D eigenvalue weighted by Gasteiger charge is 2.20. The van der Waals surface area contributed by atoms with Gasteiger partial charge in [-0.15, -0.1) is 24.7 Å². The number of hydrogen-bond acceptors (Lipinski definition) is 3. The lowest BCUT2D eigenvalue weighted by Gasteiger charge is -2.17. The molecule has 0 aromatic heterocycles. The minimum Gasteiger partial charge on any atom is -0.434 e. The van der Waals surface area contributed by atoms with Crippen LogP contribution in [0.4, 0.5) is 4.79 Å². The van der Waals surface area contributed by atoms with E-state index in [1.54, 1.807) is 0 Å². The van der Waals surface area contributed by atoms with Gasteiger partial charge in [-0.1, -0.05) is 11.6 Å². The molecular formula is C12H15ClO3. The van der Waals surface area contributed by atoms with Crippen LogP contribution in [0.25, 0.3) is 0 Å². The number of rotatable bonds is 5. The third-order valence-electron chi connectivity index (χ3n) is 1.58. The molecule has 0 saturated carbocycles. The predicted molar refractivity (Wildman–Crippen MR) is 62.8 cm³/mol. The molecule has 0 aliphatic heterocycles. The highest BCUT2D eigenvalue weighted by atomic mass is 35.5. The van der Waals surface area contributed by atoms with Crippen molar-refractivity contribution in [2.75, 3.05) is 6.61 Å². The van der Waals surface area contributed by atoms with Gasteiger partial charge in [0.25, 0.3) is 0 Å². The van der Waals surface area contributed by atoms with Crippen LogP contribution in [0.1, 0.15) is 26.7 Å². The van der Waals surface area contributed by atoms with E-state index in [1.165, 1.54) is 13.8 Å². The SMILES string of the molecule is C#CCC(CC#C)COC(=O)OC(C)(C)Cl. The van der Waals surface area contributed by atoms with Gasteiger partial charge in [-0.2, -0.15) is 0 Å². The quantitative estimate of drug-likeness (QED) is 0.423. The van der Waals surface area contributed by atoms with Crippen LogP contribution in [-0.4, -0.2) is 17.8 Å². The number of hydrogen-bond donors (Lipinski definition) is 0. The number of carbonyl (C=O) groups excluding carboxylic acids is 1. The molecule has 0 atom stereocenters. The minimum absolute atomic E-state index is 0.0408. The van der Waals surface area contributed by atoms with Gasteiger partial charge in [0.2, 0.25) is 0 Å². The highest BCUT2D eigenvalue weighted by Crippen LogP contribution is 2.16. The summed E-state index contributed by atoms with van der Waals surface area (Å²) in [4.78, 5) is 11.1. The summed E-state index contributed by atoms with van der Waals surface area (Å²) in [6, 6.07) is 0. The van der Waals surface area contributed by atoms with Gasteiger partial charge in [-0.05, 0) is 13.8 Å². The van der Waals surface area contributed by atoms with Crippen molar-refractivity contribution in [3.8, 4) is 24.7 Å². The summed E-state index contributed by atoms with van der Waals surface area (Å²) in [7, 11) is 0. The summed E-state index contributed by atoms with van der Waals surface area (Å²) < 4.78 is 9.59. The molecule has 0 radical (unpaired) electrons. The van der Waals surface area contributed by atoms with Gasteiger partial charge < -0.3 is 9.47 Å². The van der Waals surface area contributed by atoms with E-state index in [1.807, 2.05) is 0 Å². The van der Waals surface area contributed by atoms with Crippen molar-refractivity contribution in [2.45, 2.75) is 31.7 Å². The van der Waals surface area contributed by atoms with Crippen molar-refractivity contribution in [3.05, 3.63) is 0 Å². The molecule has 0 amide bonds. The van der Waals surface area contributed by atoms with Crippen molar-refractivity contribution >= 4 is 17.8 Å². The normalized spacial score (nSPS) is 10.4. The van der Waals surface area contributed by atoms with Gasteiger partial charge in [0.15, 0.2) is 5.06 Å². The molecule has 3 nitrogen and oxygen atoms in total. The van der Waals surface area contributed by atoms with Gasteiger partial charge in [0, 0.05) is 18.8 Å². The first kappa shape index (κ1) is 14.7. The molecule has 0 spiro atoms. The van der Waals surface area contributed by atoms with E-state index in [0.29, 0.717) is 12.8 Å². The standard InChI is InChI=1S/C12H15ClO3/c1-5-7-10(8-6-2)9-15-11(14)16-12(3,4)13/h1-2,10H,7-9H2,3-4H3. The van der Waals surface area contributed by atoms with Gasteiger partial charge in [0.05, 0.1) is 6.61 Å². The van der Waals surface area contributed by atoms with E-state index in [4.69, 9.17) is 33.9 Å². The second kappa shape index (κ2) is 7.04. The van der Waals surface area contributed by atoms with E-state index < -0.39 is 11.2 Å². The molecule has 0 aliphatic carbocycles.